The first-order valence-electron chi connectivity index (χ1n) is 24.9. The van der Waals surface area contributed by atoms with Gasteiger partial charge in [0.15, 0.2) is 57.2 Å². The smallest absolute Gasteiger partial charge is 0.188 e. The summed E-state index contributed by atoms with van der Waals surface area (Å²) in [6.07, 6.45) is -0.601. The van der Waals surface area contributed by atoms with E-state index in [-0.39, 0.29) is 12.2 Å². The normalized spacial score (nSPS) is 15.5. The average Bonchev–Trinajstić information content (AvgIpc) is 3.16. The summed E-state index contributed by atoms with van der Waals surface area (Å²) in [5.41, 5.74) is 10.7. The fourth-order valence-electron chi connectivity index (χ4n) is 11.0. The monoisotopic (exact) mass is 1790 g/mol. The van der Waals surface area contributed by atoms with Crippen molar-refractivity contribution in [3.05, 3.63) is 140 Å². The predicted octanol–water partition coefficient (Wildman–Crippen LogP) is 26.7. The SMILES string of the molecule is Cc1cc2sc(C3=C(Br)C4Oc5cc6c(cc5C4O3)oc3c(Br)c(-c4sc5cc(C)oc5c4Br)oc36)c(Br)c2o1.Cc1ccc2c(I)c(-c3sc4c(oc5cc6c(cc54)oc4c(Br)c(-c5sc7cc(C)ccc7c5I)sc46)c3Br)sc2c1. The Hall–Kier alpha value is -2.96. The molecule has 0 aliphatic carbocycles. The standard InChI is InChI=1S/C32H14Br2I2O2S4.C28H12Br4O6S2/c1-11-3-5-13-19(7-11)39-31(23(13)35)29-21(33)25-27(41-29)15-9-18-16(10-17(15)37-25)28-26(38-18)22(34)30(42-28)32-24(36)14-6-4-12(2)8-20(14)40-32;1-7-3-13-21(33-7)17(31)27(39-13)25-15(29)23-19(37-25)9-5-12-10(6-11(9)35-23)20-24(36-12)16(30)26(38-20)28-18(32)22-14(40-28)4-8(2)34-22/h3-10H,1-2H3;3-6,19,23H,1-2H3. The van der Waals surface area contributed by atoms with Crippen molar-refractivity contribution < 1.29 is 36.0 Å². The molecule has 0 saturated carbocycles. The number of benzene rings is 4. The van der Waals surface area contributed by atoms with Gasteiger partial charge < -0.3 is 36.0 Å². The zero-order valence-electron chi connectivity index (χ0n) is 41.8. The number of fused-ring (bicyclic) bond motifs is 16. The summed E-state index contributed by atoms with van der Waals surface area (Å²) in [6.45, 7) is 8.18. The first-order valence-corrected chi connectivity index (χ1v) is 36.7. The maximum absolute atomic E-state index is 6.55. The molecule has 22 heteroatoms. The van der Waals surface area contributed by atoms with Crippen LogP contribution in [0.25, 0.3) is 141 Å². The molecular formula is C60H26Br6I2O8S6. The Morgan fingerprint density at radius 1 is 0.390 bits per heavy atom. The second-order valence-corrected chi connectivity index (χ2v) is 33.3. The van der Waals surface area contributed by atoms with Crippen LogP contribution in [-0.2, 0) is 4.74 Å². The molecule has 4 aromatic carbocycles. The second kappa shape index (κ2) is 19.3. The van der Waals surface area contributed by atoms with Crippen LogP contribution >= 0.6 is 209 Å². The van der Waals surface area contributed by atoms with Gasteiger partial charge in [-0.1, -0.05) is 24.3 Å². The van der Waals surface area contributed by atoms with Crippen molar-refractivity contribution in [3.8, 4) is 35.9 Å². The topological polar surface area (TPSA) is 97.3 Å². The maximum atomic E-state index is 6.55. The van der Waals surface area contributed by atoms with E-state index in [1.165, 1.54) is 57.9 Å². The van der Waals surface area contributed by atoms with Gasteiger partial charge in [-0.15, -0.1) is 68.0 Å². The minimum Gasteiger partial charge on any atom is -0.480 e. The second-order valence-electron chi connectivity index (χ2n) is 20.1. The molecule has 0 saturated heterocycles. The van der Waals surface area contributed by atoms with E-state index in [0.29, 0.717) is 22.5 Å². The molecule has 16 aromatic rings. The van der Waals surface area contributed by atoms with Crippen LogP contribution in [-0.4, -0.2) is 6.10 Å². The summed E-state index contributed by atoms with van der Waals surface area (Å²) >= 11 is 38.2. The summed E-state index contributed by atoms with van der Waals surface area (Å²) in [6, 6.07) is 25.8. The molecule has 2 aliphatic rings. The Kier molecular flexibility index (Phi) is 12.5. The van der Waals surface area contributed by atoms with Crippen LogP contribution in [0.3, 0.4) is 0 Å². The van der Waals surface area contributed by atoms with Crippen molar-refractivity contribution in [2.24, 2.45) is 0 Å². The van der Waals surface area contributed by atoms with Crippen LogP contribution in [0.5, 0.6) is 5.75 Å². The van der Waals surface area contributed by atoms with Crippen molar-refractivity contribution in [2.75, 3.05) is 0 Å². The predicted molar refractivity (Wildman–Crippen MR) is 379 cm³/mol. The van der Waals surface area contributed by atoms with Crippen molar-refractivity contribution in [3.63, 3.8) is 0 Å². The molecule has 12 aromatic heterocycles. The Morgan fingerprint density at radius 3 is 1.45 bits per heavy atom. The molecule has 82 heavy (non-hydrogen) atoms. The van der Waals surface area contributed by atoms with Crippen LogP contribution in [0, 0.1) is 34.8 Å². The Labute approximate surface area is 563 Å². The number of halogens is 8. The molecule has 0 radical (unpaired) electrons. The van der Waals surface area contributed by atoms with E-state index >= 15 is 0 Å². The summed E-state index contributed by atoms with van der Waals surface area (Å²) in [4.78, 5) is 6.91. The van der Waals surface area contributed by atoms with E-state index in [1.54, 1.807) is 45.3 Å². The molecule has 0 bridgehead atoms. The molecule has 8 nitrogen and oxygen atoms in total. The molecule has 0 fully saturated rings. The highest BCUT2D eigenvalue weighted by Crippen LogP contribution is 2.59. The number of aryl methyl sites for hydroxylation is 4. The van der Waals surface area contributed by atoms with E-state index in [1.807, 2.05) is 60.8 Å². The van der Waals surface area contributed by atoms with E-state index in [4.69, 9.17) is 36.0 Å². The third-order valence-electron chi connectivity index (χ3n) is 14.8. The number of thiophene rings is 6. The summed E-state index contributed by atoms with van der Waals surface area (Å²) < 4.78 is 65.6. The molecule has 0 N–H and O–H groups in total. The van der Waals surface area contributed by atoms with Crippen molar-refractivity contribution in [2.45, 2.75) is 39.9 Å². The lowest BCUT2D eigenvalue weighted by molar-refractivity contribution is 0.120. The highest BCUT2D eigenvalue weighted by atomic mass is 127. The van der Waals surface area contributed by atoms with Gasteiger partial charge in [-0.05, 0) is 228 Å². The van der Waals surface area contributed by atoms with Gasteiger partial charge >= 0.3 is 0 Å². The third kappa shape index (κ3) is 7.80. The molecule has 2 atom stereocenters. The molecule has 0 spiro atoms. The maximum Gasteiger partial charge on any atom is 0.188 e. The average molecular weight is 1800 g/mol. The van der Waals surface area contributed by atoms with Gasteiger partial charge in [-0.3, -0.25) is 0 Å². The number of hydrogen-bond donors (Lipinski definition) is 0. The first kappa shape index (κ1) is 53.3. The first-order chi connectivity index (χ1) is 39.5. The molecule has 2 unspecified atom stereocenters. The summed E-state index contributed by atoms with van der Waals surface area (Å²) in [7, 11) is 0. The largest absolute Gasteiger partial charge is 0.480 e. The van der Waals surface area contributed by atoms with Crippen molar-refractivity contribution >= 4 is 320 Å². The quantitative estimate of drug-likeness (QED) is 0.161. The van der Waals surface area contributed by atoms with Crippen molar-refractivity contribution in [1.82, 2.24) is 0 Å². The highest BCUT2D eigenvalue weighted by Gasteiger charge is 2.47. The minimum atomic E-state index is -0.304. The lowest BCUT2D eigenvalue weighted by Gasteiger charge is -2.10. The zero-order chi connectivity index (χ0) is 55.8. The van der Waals surface area contributed by atoms with Gasteiger partial charge in [0.1, 0.15) is 38.5 Å². The van der Waals surface area contributed by atoms with E-state index in [0.717, 1.165) is 134 Å². The summed E-state index contributed by atoms with van der Waals surface area (Å²) in [5.74, 6) is 3.94. The van der Waals surface area contributed by atoms with E-state index in [9.17, 15) is 0 Å². The lowest BCUT2D eigenvalue weighted by Crippen LogP contribution is -2.14. The zero-order valence-corrected chi connectivity index (χ0v) is 60.6. The molecular weight excluding hydrogens is 1770 g/mol. The van der Waals surface area contributed by atoms with Crippen LogP contribution in [0.15, 0.2) is 126 Å². The molecule has 18 rings (SSSR count). The highest BCUT2D eigenvalue weighted by molar-refractivity contribution is 14.1. The van der Waals surface area contributed by atoms with Gasteiger partial charge in [0, 0.05) is 43.6 Å². The summed E-state index contributed by atoms with van der Waals surface area (Å²) in [5, 5.41) is 5.64. The van der Waals surface area contributed by atoms with Gasteiger partial charge in [-0.2, -0.15) is 0 Å². The van der Waals surface area contributed by atoms with Crippen LogP contribution in [0.4, 0.5) is 0 Å². The van der Waals surface area contributed by atoms with Crippen LogP contribution in [0.2, 0.25) is 0 Å². The van der Waals surface area contributed by atoms with Crippen LogP contribution < -0.4 is 4.74 Å². The Balaban J connectivity index is 0.000000130. The van der Waals surface area contributed by atoms with Gasteiger partial charge in [0.2, 0.25) is 0 Å². The number of furan rings is 6. The third-order valence-corrected chi connectivity index (χ3v) is 30.7. The number of ether oxygens (including phenoxy) is 2. The molecule has 0 amide bonds. The molecule has 14 heterocycles. The van der Waals surface area contributed by atoms with Gasteiger partial charge in [0.25, 0.3) is 0 Å². The molecule has 406 valence electrons. The molecule has 2 aliphatic heterocycles. The van der Waals surface area contributed by atoms with E-state index in [2.05, 4.69) is 203 Å². The minimum absolute atomic E-state index is 0.297. The lowest BCUT2D eigenvalue weighted by atomic mass is 10.1. The van der Waals surface area contributed by atoms with E-state index < -0.39 is 0 Å². The van der Waals surface area contributed by atoms with Crippen molar-refractivity contribution in [1.29, 1.82) is 0 Å². The fraction of sp³-hybridized carbons (Fsp3) is 0.100. The number of hydrogen-bond acceptors (Lipinski definition) is 14. The Bertz CT molecular complexity index is 5380. The van der Waals surface area contributed by atoms with Gasteiger partial charge in [-0.25, -0.2) is 0 Å². The Morgan fingerprint density at radius 2 is 0.890 bits per heavy atom. The number of rotatable bonds is 4. The van der Waals surface area contributed by atoms with Gasteiger partial charge in [0.05, 0.1) is 75.8 Å². The fourth-order valence-corrected chi connectivity index (χ4v) is 26.2. The van der Waals surface area contributed by atoms with Crippen LogP contribution in [0.1, 0.15) is 39.2 Å².